The maximum absolute atomic E-state index is 13.0. The van der Waals surface area contributed by atoms with E-state index in [9.17, 15) is 4.79 Å². The number of nitrogens with zero attached hydrogens (tertiary/aromatic N) is 1. The van der Waals surface area contributed by atoms with Crippen molar-refractivity contribution in [2.24, 2.45) is 27.3 Å². The summed E-state index contributed by atoms with van der Waals surface area (Å²) >= 11 is 0. The maximum atomic E-state index is 13.0. The summed E-state index contributed by atoms with van der Waals surface area (Å²) in [5, 5.41) is 4.28. The molecule has 4 aliphatic carbocycles. The van der Waals surface area contributed by atoms with Gasteiger partial charge in [0.15, 0.2) is 0 Å². The molecule has 0 aromatic heterocycles. The number of carbonyl (C=O) groups excluding carboxylic acids is 1. The van der Waals surface area contributed by atoms with Crippen molar-refractivity contribution in [1.29, 1.82) is 0 Å². The molecule has 2 atom stereocenters. The van der Waals surface area contributed by atoms with Crippen LogP contribution in [0.3, 0.4) is 0 Å². The first-order valence-corrected chi connectivity index (χ1v) is 9.76. The molecule has 1 aromatic carbocycles. The van der Waals surface area contributed by atoms with Crippen LogP contribution in [0.15, 0.2) is 29.4 Å². The van der Waals surface area contributed by atoms with Crippen LogP contribution < -0.4 is 5.43 Å². The number of aryl methyl sites for hydroxylation is 1. The summed E-state index contributed by atoms with van der Waals surface area (Å²) < 4.78 is 0. The minimum absolute atomic E-state index is 0.149. The van der Waals surface area contributed by atoms with Gasteiger partial charge in [-0.3, -0.25) is 4.79 Å². The zero-order chi connectivity index (χ0) is 17.7. The first-order valence-electron chi connectivity index (χ1n) is 9.76. The summed E-state index contributed by atoms with van der Waals surface area (Å²) in [4.78, 5) is 13.0. The molecule has 1 amide bonds. The van der Waals surface area contributed by atoms with E-state index in [4.69, 9.17) is 0 Å². The topological polar surface area (TPSA) is 41.5 Å². The molecule has 0 saturated heterocycles. The first-order chi connectivity index (χ1) is 11.8. The Morgan fingerprint density at radius 1 is 1.12 bits per heavy atom. The molecular formula is C22H30N2O. The molecule has 4 bridgehead atoms. The van der Waals surface area contributed by atoms with E-state index < -0.39 is 0 Å². The molecule has 1 aromatic rings. The lowest BCUT2D eigenvalue weighted by atomic mass is 9.40. The van der Waals surface area contributed by atoms with Crippen LogP contribution in [0.4, 0.5) is 0 Å². The minimum Gasteiger partial charge on any atom is -0.273 e. The van der Waals surface area contributed by atoms with Crippen molar-refractivity contribution in [3.8, 4) is 0 Å². The average Bonchev–Trinajstić information content (AvgIpc) is 2.52. The summed E-state index contributed by atoms with van der Waals surface area (Å²) in [5.74, 6) is 0.873. The SMILES string of the molecule is CCc1ccc(/C=N/NC(=O)C23CC4CC(C)(CC(C)(C4)C2)C3)cc1. The smallest absolute Gasteiger partial charge is 0.246 e. The van der Waals surface area contributed by atoms with Crippen molar-refractivity contribution in [2.45, 2.75) is 65.7 Å². The van der Waals surface area contributed by atoms with Crippen LogP contribution in [0.2, 0.25) is 0 Å². The molecule has 4 aliphatic rings. The van der Waals surface area contributed by atoms with Crippen molar-refractivity contribution in [1.82, 2.24) is 5.43 Å². The number of nitrogens with one attached hydrogen (secondary N) is 1. The Kier molecular flexibility index (Phi) is 3.82. The van der Waals surface area contributed by atoms with Crippen molar-refractivity contribution < 1.29 is 4.79 Å². The van der Waals surface area contributed by atoms with Crippen LogP contribution in [0, 0.1) is 22.2 Å². The molecule has 0 heterocycles. The van der Waals surface area contributed by atoms with Gasteiger partial charge in [0.25, 0.3) is 0 Å². The van der Waals surface area contributed by atoms with Crippen LogP contribution in [0.1, 0.15) is 70.4 Å². The average molecular weight is 338 g/mol. The molecule has 3 heteroatoms. The van der Waals surface area contributed by atoms with Gasteiger partial charge in [-0.2, -0.15) is 5.10 Å². The van der Waals surface area contributed by atoms with Crippen LogP contribution in [-0.4, -0.2) is 12.1 Å². The third-order valence-corrected chi connectivity index (χ3v) is 6.88. The maximum Gasteiger partial charge on any atom is 0.246 e. The largest absolute Gasteiger partial charge is 0.273 e. The summed E-state index contributed by atoms with van der Waals surface area (Å²) in [6, 6.07) is 8.34. The number of hydrogen-bond donors (Lipinski definition) is 1. The van der Waals surface area contributed by atoms with Crippen LogP contribution >= 0.6 is 0 Å². The van der Waals surface area contributed by atoms with E-state index in [1.54, 1.807) is 6.21 Å². The molecule has 134 valence electrons. The highest BCUT2D eigenvalue weighted by atomic mass is 16.2. The normalized spacial score (nSPS) is 39.1. The molecule has 0 spiro atoms. The Hall–Kier alpha value is -1.64. The van der Waals surface area contributed by atoms with Gasteiger partial charge >= 0.3 is 0 Å². The number of benzene rings is 1. The monoisotopic (exact) mass is 338 g/mol. The fourth-order valence-electron chi connectivity index (χ4n) is 6.82. The Balaban J connectivity index is 1.46. The van der Waals surface area contributed by atoms with Crippen LogP contribution in [0.25, 0.3) is 0 Å². The Morgan fingerprint density at radius 3 is 2.32 bits per heavy atom. The van der Waals surface area contributed by atoms with E-state index in [0.29, 0.717) is 10.8 Å². The van der Waals surface area contributed by atoms with E-state index in [1.807, 2.05) is 0 Å². The molecular weight excluding hydrogens is 308 g/mol. The second-order valence-electron chi connectivity index (χ2n) is 9.70. The zero-order valence-corrected chi connectivity index (χ0v) is 15.8. The molecule has 4 fully saturated rings. The van der Waals surface area contributed by atoms with E-state index in [2.05, 4.69) is 55.6 Å². The minimum atomic E-state index is -0.188. The molecule has 3 nitrogen and oxygen atoms in total. The fourth-order valence-corrected chi connectivity index (χ4v) is 6.82. The molecule has 25 heavy (non-hydrogen) atoms. The second-order valence-corrected chi connectivity index (χ2v) is 9.70. The van der Waals surface area contributed by atoms with Gasteiger partial charge < -0.3 is 0 Å². The summed E-state index contributed by atoms with van der Waals surface area (Å²) in [7, 11) is 0. The highest BCUT2D eigenvalue weighted by Crippen LogP contribution is 2.69. The zero-order valence-electron chi connectivity index (χ0n) is 15.8. The Morgan fingerprint density at radius 2 is 1.76 bits per heavy atom. The van der Waals surface area contributed by atoms with Gasteiger partial charge in [-0.05, 0) is 72.8 Å². The molecule has 4 saturated carbocycles. The molecule has 1 N–H and O–H groups in total. The van der Waals surface area contributed by atoms with Crippen LogP contribution in [-0.2, 0) is 11.2 Å². The van der Waals surface area contributed by atoms with Crippen molar-refractivity contribution >= 4 is 12.1 Å². The number of rotatable bonds is 4. The fraction of sp³-hybridized carbons (Fsp3) is 0.636. The lowest BCUT2D eigenvalue weighted by Gasteiger charge is -2.64. The number of amides is 1. The van der Waals surface area contributed by atoms with E-state index in [-0.39, 0.29) is 11.3 Å². The quantitative estimate of drug-likeness (QED) is 0.628. The van der Waals surface area contributed by atoms with Gasteiger partial charge in [0.2, 0.25) is 5.91 Å². The van der Waals surface area contributed by atoms with Crippen LogP contribution in [0.5, 0.6) is 0 Å². The van der Waals surface area contributed by atoms with Gasteiger partial charge in [0, 0.05) is 0 Å². The molecule has 5 rings (SSSR count). The summed E-state index contributed by atoms with van der Waals surface area (Å²) in [6.45, 7) is 6.95. The highest BCUT2D eigenvalue weighted by molar-refractivity contribution is 5.86. The standard InChI is InChI=1S/C22H30N2O/c1-4-16-5-7-17(8-6-16)12-23-24-19(25)22-11-18-9-20(2,14-22)13-21(3,10-18)15-22/h5-8,12,18H,4,9-11,13-15H2,1-3H3,(H,24,25)/b23-12+. The second kappa shape index (κ2) is 5.69. The third kappa shape index (κ3) is 3.02. The van der Waals surface area contributed by atoms with Gasteiger partial charge in [-0.15, -0.1) is 0 Å². The predicted molar refractivity (Wildman–Crippen MR) is 101 cm³/mol. The van der Waals surface area contributed by atoms with Gasteiger partial charge in [-0.1, -0.05) is 45.0 Å². The highest BCUT2D eigenvalue weighted by Gasteiger charge is 2.62. The number of hydrazone groups is 1. The summed E-state index contributed by atoms with van der Waals surface area (Å²) in [5.41, 5.74) is 5.74. The lowest BCUT2D eigenvalue weighted by Crippen LogP contribution is -2.59. The first kappa shape index (κ1) is 16.8. The van der Waals surface area contributed by atoms with E-state index in [0.717, 1.165) is 37.2 Å². The van der Waals surface area contributed by atoms with Crippen molar-refractivity contribution in [3.05, 3.63) is 35.4 Å². The third-order valence-electron chi connectivity index (χ3n) is 6.88. The van der Waals surface area contributed by atoms with Gasteiger partial charge in [0.1, 0.15) is 0 Å². The van der Waals surface area contributed by atoms with Gasteiger partial charge in [-0.25, -0.2) is 5.43 Å². The van der Waals surface area contributed by atoms with Crippen molar-refractivity contribution in [3.63, 3.8) is 0 Å². The number of carbonyl (C=O) groups is 1. The molecule has 2 unspecified atom stereocenters. The van der Waals surface area contributed by atoms with E-state index >= 15 is 0 Å². The molecule has 0 radical (unpaired) electrons. The summed E-state index contributed by atoms with van der Waals surface area (Å²) in [6.07, 6.45) is 9.85. The van der Waals surface area contributed by atoms with E-state index in [1.165, 1.54) is 24.8 Å². The van der Waals surface area contributed by atoms with Gasteiger partial charge in [0.05, 0.1) is 11.6 Å². The lowest BCUT2D eigenvalue weighted by molar-refractivity contribution is -0.170. The van der Waals surface area contributed by atoms with Crippen molar-refractivity contribution in [2.75, 3.05) is 0 Å². The predicted octanol–water partition coefficient (Wildman–Crippen LogP) is 4.70. The Bertz CT molecular complexity index is 687. The Labute approximate surface area is 151 Å². The molecule has 0 aliphatic heterocycles. The number of hydrogen-bond acceptors (Lipinski definition) is 2.